The van der Waals surface area contributed by atoms with E-state index < -0.39 is 23.0 Å². The molecule has 6 rings (SSSR count). The molecule has 1 aliphatic carbocycles. The smallest absolute Gasteiger partial charge is 0.337 e. The average molecular weight is 495 g/mol. The molecule has 2 fully saturated rings. The molecule has 1 aliphatic heterocycles. The number of aryl methyl sites for hydroxylation is 1. The minimum atomic E-state index is -4.57. The van der Waals surface area contributed by atoms with Crippen LogP contribution in [0.4, 0.5) is 13.2 Å². The van der Waals surface area contributed by atoms with Crippen LogP contribution in [-0.2, 0) is 17.4 Å². The fourth-order valence-electron chi connectivity index (χ4n) is 4.87. The highest BCUT2D eigenvalue weighted by molar-refractivity contribution is 5.87. The maximum atomic E-state index is 13.4. The van der Waals surface area contributed by atoms with Crippen LogP contribution in [0, 0.1) is 16.7 Å². The van der Waals surface area contributed by atoms with Gasteiger partial charge in [-0.25, -0.2) is 9.97 Å². The van der Waals surface area contributed by atoms with Crippen LogP contribution in [-0.4, -0.2) is 64.0 Å². The standard InChI is InChI=1S/C23H20F3N9O/c1-32-11-15(9-29-32)17-8-18-28-6-7-34(18)19(31-17)16-10-30-35(12-16)21(4-5-27)13-33(14-21)20(36)22(2-3-22)23(24,25)26/h6-12H,2-4,13-14H2,1H3. The van der Waals surface area contributed by atoms with Gasteiger partial charge >= 0.3 is 6.18 Å². The Bertz CT molecular complexity index is 1530. The summed E-state index contributed by atoms with van der Waals surface area (Å²) in [6, 6.07) is 3.94. The lowest BCUT2D eigenvalue weighted by molar-refractivity contribution is -0.204. The van der Waals surface area contributed by atoms with Crippen molar-refractivity contribution >= 4 is 11.6 Å². The number of nitriles is 1. The Hall–Kier alpha value is -4.21. The lowest BCUT2D eigenvalue weighted by Crippen LogP contribution is -2.66. The summed E-state index contributed by atoms with van der Waals surface area (Å²) in [6.45, 7) is -0.0238. The van der Waals surface area contributed by atoms with Gasteiger partial charge in [0.2, 0.25) is 5.91 Å². The Morgan fingerprint density at radius 2 is 1.92 bits per heavy atom. The summed E-state index contributed by atoms with van der Waals surface area (Å²) < 4.78 is 45.4. The highest BCUT2D eigenvalue weighted by Crippen LogP contribution is 2.59. The number of nitrogens with zero attached hydrogens (tertiary/aromatic N) is 9. The molecular weight excluding hydrogens is 475 g/mol. The van der Waals surface area contributed by atoms with Crippen LogP contribution >= 0.6 is 0 Å². The summed E-state index contributed by atoms with van der Waals surface area (Å²) in [6.07, 6.45) is 5.31. The fraction of sp³-hybridized carbons (Fsp3) is 0.391. The van der Waals surface area contributed by atoms with Gasteiger partial charge in [-0.15, -0.1) is 0 Å². The third-order valence-corrected chi connectivity index (χ3v) is 7.08. The molecule has 10 nitrogen and oxygen atoms in total. The summed E-state index contributed by atoms with van der Waals surface area (Å²) in [4.78, 5) is 23.0. The van der Waals surface area contributed by atoms with Crippen LogP contribution < -0.4 is 0 Å². The summed E-state index contributed by atoms with van der Waals surface area (Å²) in [5.74, 6) is -0.356. The predicted octanol–water partition coefficient (Wildman–Crippen LogP) is 2.79. The van der Waals surface area contributed by atoms with Crippen molar-refractivity contribution in [1.82, 2.24) is 38.8 Å². The number of aromatic nitrogens is 7. The molecule has 4 aromatic heterocycles. The molecule has 0 N–H and O–H groups in total. The minimum absolute atomic E-state index is 0.000553. The first-order chi connectivity index (χ1) is 17.2. The number of alkyl halides is 3. The fourth-order valence-corrected chi connectivity index (χ4v) is 4.87. The third-order valence-electron chi connectivity index (χ3n) is 7.08. The molecular formula is C23H20F3N9O. The molecule has 2 aliphatic rings. The molecule has 0 aromatic carbocycles. The largest absolute Gasteiger partial charge is 0.403 e. The zero-order chi connectivity index (χ0) is 25.3. The van der Waals surface area contributed by atoms with Crippen LogP contribution in [0.3, 0.4) is 0 Å². The molecule has 1 saturated heterocycles. The van der Waals surface area contributed by atoms with Crippen molar-refractivity contribution in [3.63, 3.8) is 0 Å². The number of halogens is 3. The van der Waals surface area contributed by atoms with E-state index in [9.17, 15) is 23.2 Å². The number of hydrogen-bond donors (Lipinski definition) is 0. The van der Waals surface area contributed by atoms with Crippen LogP contribution in [0.5, 0.6) is 0 Å². The number of rotatable bonds is 5. The Morgan fingerprint density at radius 3 is 2.56 bits per heavy atom. The van der Waals surface area contributed by atoms with E-state index in [0.29, 0.717) is 22.7 Å². The monoisotopic (exact) mass is 495 g/mol. The number of hydrogen-bond acceptors (Lipinski definition) is 6. The van der Waals surface area contributed by atoms with Gasteiger partial charge in [-0.2, -0.15) is 28.6 Å². The number of fused-ring (bicyclic) bond motifs is 1. The summed E-state index contributed by atoms with van der Waals surface area (Å²) in [7, 11) is 1.81. The molecule has 1 amide bonds. The Balaban J connectivity index is 1.32. The summed E-state index contributed by atoms with van der Waals surface area (Å²) >= 11 is 0. The van der Waals surface area contributed by atoms with Gasteiger partial charge in [-0.3, -0.25) is 18.6 Å². The Kier molecular flexibility index (Phi) is 4.57. The molecule has 4 aromatic rings. The molecule has 0 spiro atoms. The van der Waals surface area contributed by atoms with Gasteiger partial charge in [0.25, 0.3) is 0 Å². The lowest BCUT2D eigenvalue weighted by Gasteiger charge is -2.50. The van der Waals surface area contributed by atoms with Gasteiger partial charge in [-0.1, -0.05) is 0 Å². The van der Waals surface area contributed by atoms with Gasteiger partial charge in [0.15, 0.2) is 0 Å². The van der Waals surface area contributed by atoms with Crippen molar-refractivity contribution in [3.05, 3.63) is 43.2 Å². The van der Waals surface area contributed by atoms with Crippen LogP contribution in [0.25, 0.3) is 28.3 Å². The maximum absolute atomic E-state index is 13.4. The molecule has 13 heteroatoms. The van der Waals surface area contributed by atoms with Crippen molar-refractivity contribution in [1.29, 1.82) is 5.26 Å². The zero-order valence-corrected chi connectivity index (χ0v) is 19.1. The second-order valence-corrected chi connectivity index (χ2v) is 9.50. The number of carbonyl (C=O) groups is 1. The van der Waals surface area contributed by atoms with Gasteiger partial charge in [0.05, 0.1) is 36.1 Å². The van der Waals surface area contributed by atoms with Crippen molar-refractivity contribution in [3.8, 4) is 28.7 Å². The molecule has 1 saturated carbocycles. The van der Waals surface area contributed by atoms with Crippen LogP contribution in [0.15, 0.2) is 43.2 Å². The molecule has 0 unspecified atom stereocenters. The van der Waals surface area contributed by atoms with Gasteiger partial charge < -0.3 is 4.90 Å². The predicted molar refractivity (Wildman–Crippen MR) is 119 cm³/mol. The lowest BCUT2D eigenvalue weighted by atomic mass is 9.85. The maximum Gasteiger partial charge on any atom is 0.403 e. The van der Waals surface area contributed by atoms with Crippen LogP contribution in [0.2, 0.25) is 0 Å². The quantitative estimate of drug-likeness (QED) is 0.421. The minimum Gasteiger partial charge on any atom is -0.337 e. The Morgan fingerprint density at radius 1 is 1.17 bits per heavy atom. The highest BCUT2D eigenvalue weighted by atomic mass is 19.4. The van der Waals surface area contributed by atoms with Gasteiger partial charge in [0.1, 0.15) is 22.4 Å². The number of amides is 1. The average Bonchev–Trinajstić information content (AvgIpc) is 3.14. The summed E-state index contributed by atoms with van der Waals surface area (Å²) in [5.41, 5.74) is -0.396. The van der Waals surface area contributed by atoms with E-state index in [4.69, 9.17) is 4.98 Å². The molecule has 0 atom stereocenters. The number of carbonyl (C=O) groups excluding carboxylic acids is 1. The van der Waals surface area contributed by atoms with Crippen molar-refractivity contribution < 1.29 is 18.0 Å². The first-order valence-electron chi connectivity index (χ1n) is 11.3. The second-order valence-electron chi connectivity index (χ2n) is 9.50. The van der Waals surface area contributed by atoms with Gasteiger partial charge in [-0.05, 0) is 12.8 Å². The normalized spacial score (nSPS) is 18.1. The number of likely N-dealkylation sites (tertiary alicyclic amines) is 1. The molecule has 184 valence electrons. The van der Waals surface area contributed by atoms with E-state index >= 15 is 0 Å². The zero-order valence-electron chi connectivity index (χ0n) is 19.1. The van der Waals surface area contributed by atoms with E-state index in [-0.39, 0.29) is 32.4 Å². The van der Waals surface area contributed by atoms with Crippen LogP contribution in [0.1, 0.15) is 19.3 Å². The van der Waals surface area contributed by atoms with E-state index in [1.807, 2.05) is 19.3 Å². The first kappa shape index (κ1) is 22.3. The van der Waals surface area contributed by atoms with Crippen molar-refractivity contribution in [2.45, 2.75) is 31.0 Å². The first-order valence-corrected chi connectivity index (χ1v) is 11.3. The summed E-state index contributed by atoms with van der Waals surface area (Å²) in [5, 5.41) is 18.1. The van der Waals surface area contributed by atoms with E-state index in [1.54, 1.807) is 44.7 Å². The van der Waals surface area contributed by atoms with E-state index in [0.717, 1.165) is 5.56 Å². The SMILES string of the molecule is Cn1cc(-c2cc3nccn3c(-c3cnn(C4(CC#N)CN(C(=O)C5(C(F)(F)F)CC5)C4)c3)n2)cn1. The van der Waals surface area contributed by atoms with E-state index in [1.165, 1.54) is 4.90 Å². The highest BCUT2D eigenvalue weighted by Gasteiger charge is 2.70. The molecule has 0 bridgehead atoms. The third kappa shape index (κ3) is 3.20. The van der Waals surface area contributed by atoms with Crippen molar-refractivity contribution in [2.75, 3.05) is 13.1 Å². The molecule has 36 heavy (non-hydrogen) atoms. The Labute approximate surface area is 202 Å². The topological polar surface area (TPSA) is 110 Å². The van der Waals surface area contributed by atoms with Gasteiger partial charge in [0, 0.05) is 56.6 Å². The molecule has 0 radical (unpaired) electrons. The second kappa shape index (κ2) is 7.39. The van der Waals surface area contributed by atoms with Crippen molar-refractivity contribution in [2.24, 2.45) is 12.5 Å². The molecule has 5 heterocycles. The van der Waals surface area contributed by atoms with E-state index in [2.05, 4.69) is 21.3 Å². The number of imidazole rings is 1.